The molecule has 126 valence electrons. The highest BCUT2D eigenvalue weighted by Crippen LogP contribution is 2.23. The van der Waals surface area contributed by atoms with Crippen LogP contribution in [-0.4, -0.2) is 41.2 Å². The van der Waals surface area contributed by atoms with Crippen molar-refractivity contribution in [3.63, 3.8) is 0 Å². The third-order valence-electron chi connectivity index (χ3n) is 4.26. The minimum Gasteiger partial charge on any atom is -0.497 e. The van der Waals surface area contributed by atoms with E-state index in [0.29, 0.717) is 37.6 Å². The average Bonchev–Trinajstić information content (AvgIpc) is 2.61. The van der Waals surface area contributed by atoms with Gasteiger partial charge in [-0.2, -0.15) is 0 Å². The number of hydrogen-bond donors (Lipinski definition) is 2. The van der Waals surface area contributed by atoms with Crippen LogP contribution in [0, 0.1) is 5.92 Å². The fourth-order valence-electron chi connectivity index (χ4n) is 2.84. The maximum atomic E-state index is 12.0. The third-order valence-corrected chi connectivity index (χ3v) is 4.26. The number of H-pyrrole nitrogens is 1. The van der Waals surface area contributed by atoms with Gasteiger partial charge >= 0.3 is 5.97 Å². The van der Waals surface area contributed by atoms with Gasteiger partial charge in [0.1, 0.15) is 5.75 Å². The molecule has 2 aromatic rings. The molecular formula is C17H19N3O4. The summed E-state index contributed by atoms with van der Waals surface area (Å²) in [5.41, 5.74) is 1.17. The highest BCUT2D eigenvalue weighted by molar-refractivity contribution is 5.70. The van der Waals surface area contributed by atoms with Crippen LogP contribution in [0.5, 0.6) is 5.75 Å². The van der Waals surface area contributed by atoms with Crippen LogP contribution in [0.3, 0.4) is 0 Å². The minimum absolute atomic E-state index is 0.230. The normalized spacial score (nSPS) is 15.3. The molecule has 0 bridgehead atoms. The average molecular weight is 329 g/mol. The lowest BCUT2D eigenvalue weighted by molar-refractivity contribution is -0.142. The Bertz CT molecular complexity index is 777. The van der Waals surface area contributed by atoms with E-state index in [4.69, 9.17) is 9.84 Å². The van der Waals surface area contributed by atoms with Crippen LogP contribution in [0.2, 0.25) is 0 Å². The first-order valence-electron chi connectivity index (χ1n) is 7.80. The number of aliphatic carboxylic acids is 1. The molecular weight excluding hydrogens is 310 g/mol. The maximum absolute atomic E-state index is 12.0. The van der Waals surface area contributed by atoms with Gasteiger partial charge in [0.2, 0.25) is 5.95 Å². The number of hydrogen-bond acceptors (Lipinski definition) is 5. The predicted molar refractivity (Wildman–Crippen MR) is 89.4 cm³/mol. The summed E-state index contributed by atoms with van der Waals surface area (Å²) in [6.45, 7) is 1.12. The summed E-state index contributed by atoms with van der Waals surface area (Å²) in [5.74, 6) is 0.137. The van der Waals surface area contributed by atoms with Crippen molar-refractivity contribution in [3.05, 3.63) is 40.7 Å². The number of aromatic amines is 1. The summed E-state index contributed by atoms with van der Waals surface area (Å²) in [5, 5.41) is 9.07. The standard InChI is InChI=1S/C17H19N3O4/c1-24-13-4-2-11(3-5-13)14-10-15(21)19-17(18-14)20-8-6-12(7-9-20)16(22)23/h2-5,10,12H,6-9H2,1H3,(H,22,23)(H,18,19,21). The Morgan fingerprint density at radius 3 is 2.54 bits per heavy atom. The highest BCUT2D eigenvalue weighted by Gasteiger charge is 2.25. The number of nitrogens with one attached hydrogen (secondary N) is 1. The summed E-state index contributed by atoms with van der Waals surface area (Å²) >= 11 is 0. The fourth-order valence-corrected chi connectivity index (χ4v) is 2.84. The molecule has 1 saturated heterocycles. The second-order valence-electron chi connectivity index (χ2n) is 5.78. The molecule has 0 saturated carbocycles. The summed E-state index contributed by atoms with van der Waals surface area (Å²) in [4.78, 5) is 32.2. The monoisotopic (exact) mass is 329 g/mol. The van der Waals surface area contributed by atoms with Crippen LogP contribution in [0.25, 0.3) is 11.3 Å². The number of nitrogens with zero attached hydrogens (tertiary/aromatic N) is 2. The smallest absolute Gasteiger partial charge is 0.306 e. The van der Waals surface area contributed by atoms with Gasteiger partial charge in [-0.3, -0.25) is 14.6 Å². The van der Waals surface area contributed by atoms with E-state index in [1.165, 1.54) is 6.07 Å². The first-order chi connectivity index (χ1) is 11.6. The van der Waals surface area contributed by atoms with Crippen LogP contribution >= 0.6 is 0 Å². The Balaban J connectivity index is 1.84. The molecule has 2 N–H and O–H groups in total. The molecule has 24 heavy (non-hydrogen) atoms. The van der Waals surface area contributed by atoms with E-state index in [2.05, 4.69) is 9.97 Å². The van der Waals surface area contributed by atoms with Gasteiger partial charge in [-0.1, -0.05) is 0 Å². The Hall–Kier alpha value is -2.83. The zero-order valence-electron chi connectivity index (χ0n) is 13.4. The fraction of sp³-hybridized carbons (Fsp3) is 0.353. The number of anilines is 1. The van der Waals surface area contributed by atoms with Crippen molar-refractivity contribution in [3.8, 4) is 17.0 Å². The number of rotatable bonds is 4. The number of carboxylic acids is 1. The molecule has 1 aromatic heterocycles. The van der Waals surface area contributed by atoms with Gasteiger partial charge in [0.15, 0.2) is 0 Å². The van der Waals surface area contributed by atoms with Gasteiger partial charge in [0.05, 0.1) is 18.7 Å². The number of piperidine rings is 1. The predicted octanol–water partition coefficient (Wildman–Crippen LogP) is 1.75. The largest absolute Gasteiger partial charge is 0.497 e. The van der Waals surface area contributed by atoms with Gasteiger partial charge in [-0.25, -0.2) is 4.98 Å². The Labute approximate surface area is 138 Å². The molecule has 0 aliphatic carbocycles. The highest BCUT2D eigenvalue weighted by atomic mass is 16.5. The zero-order valence-corrected chi connectivity index (χ0v) is 13.4. The second kappa shape index (κ2) is 6.74. The number of benzene rings is 1. The van der Waals surface area contributed by atoms with Crippen molar-refractivity contribution >= 4 is 11.9 Å². The van der Waals surface area contributed by atoms with Crippen molar-refractivity contribution in [2.45, 2.75) is 12.8 Å². The molecule has 7 heteroatoms. The van der Waals surface area contributed by atoms with E-state index in [1.807, 2.05) is 29.2 Å². The number of methoxy groups -OCH3 is 1. The molecule has 2 heterocycles. The van der Waals surface area contributed by atoms with Crippen LogP contribution in [0.4, 0.5) is 5.95 Å². The molecule has 1 aromatic carbocycles. The van der Waals surface area contributed by atoms with E-state index in [1.54, 1.807) is 7.11 Å². The van der Waals surface area contributed by atoms with Crippen molar-refractivity contribution < 1.29 is 14.6 Å². The van der Waals surface area contributed by atoms with Crippen molar-refractivity contribution in [2.24, 2.45) is 5.92 Å². The molecule has 3 rings (SSSR count). The van der Waals surface area contributed by atoms with Crippen LogP contribution in [0.1, 0.15) is 12.8 Å². The first-order valence-corrected chi connectivity index (χ1v) is 7.80. The van der Waals surface area contributed by atoms with E-state index in [-0.39, 0.29) is 11.5 Å². The van der Waals surface area contributed by atoms with Gasteiger partial charge in [0, 0.05) is 24.7 Å². The Kier molecular flexibility index (Phi) is 4.50. The first kappa shape index (κ1) is 16.0. The van der Waals surface area contributed by atoms with E-state index < -0.39 is 5.97 Å². The number of ether oxygens (including phenoxy) is 1. The van der Waals surface area contributed by atoms with E-state index in [9.17, 15) is 9.59 Å². The van der Waals surface area contributed by atoms with Crippen LogP contribution in [0.15, 0.2) is 35.1 Å². The molecule has 1 aliphatic heterocycles. The van der Waals surface area contributed by atoms with Gasteiger partial charge < -0.3 is 14.7 Å². The second-order valence-corrected chi connectivity index (χ2v) is 5.78. The lowest BCUT2D eigenvalue weighted by Gasteiger charge is -2.30. The lowest BCUT2D eigenvalue weighted by atomic mass is 9.97. The van der Waals surface area contributed by atoms with Crippen LogP contribution < -0.4 is 15.2 Å². The molecule has 0 radical (unpaired) electrons. The summed E-state index contributed by atoms with van der Waals surface area (Å²) in [6, 6.07) is 8.78. The zero-order chi connectivity index (χ0) is 17.1. The van der Waals surface area contributed by atoms with Gasteiger partial charge in [0.25, 0.3) is 5.56 Å². The number of aromatic nitrogens is 2. The summed E-state index contributed by atoms with van der Waals surface area (Å²) in [6.07, 6.45) is 1.09. The summed E-state index contributed by atoms with van der Waals surface area (Å²) < 4.78 is 5.13. The molecule has 1 aliphatic rings. The van der Waals surface area contributed by atoms with Crippen molar-refractivity contribution in [1.29, 1.82) is 0 Å². The minimum atomic E-state index is -0.761. The third kappa shape index (κ3) is 3.40. The molecule has 1 fully saturated rings. The molecule has 0 unspecified atom stereocenters. The molecule has 0 atom stereocenters. The SMILES string of the molecule is COc1ccc(-c2cc(=O)[nH]c(N3CCC(C(=O)O)CC3)n2)cc1. The van der Waals surface area contributed by atoms with Crippen molar-refractivity contribution in [1.82, 2.24) is 9.97 Å². The summed E-state index contributed by atoms with van der Waals surface area (Å²) in [7, 11) is 1.60. The Morgan fingerprint density at radius 2 is 1.96 bits per heavy atom. The van der Waals surface area contributed by atoms with Gasteiger partial charge in [-0.15, -0.1) is 0 Å². The topological polar surface area (TPSA) is 95.5 Å². The quantitative estimate of drug-likeness (QED) is 0.887. The van der Waals surface area contributed by atoms with E-state index >= 15 is 0 Å². The van der Waals surface area contributed by atoms with Gasteiger partial charge in [-0.05, 0) is 37.1 Å². The number of carbonyl (C=O) groups is 1. The van der Waals surface area contributed by atoms with Crippen molar-refractivity contribution in [2.75, 3.05) is 25.1 Å². The van der Waals surface area contributed by atoms with E-state index in [0.717, 1.165) is 11.3 Å². The molecule has 0 amide bonds. The lowest BCUT2D eigenvalue weighted by Crippen LogP contribution is -2.38. The number of carboxylic acid groups (broad SMARTS) is 1. The van der Waals surface area contributed by atoms with Crippen LogP contribution in [-0.2, 0) is 4.79 Å². The molecule has 7 nitrogen and oxygen atoms in total. The molecule has 0 spiro atoms. The maximum Gasteiger partial charge on any atom is 0.306 e. The Morgan fingerprint density at radius 1 is 1.29 bits per heavy atom.